The molecule has 0 spiro atoms. The number of hydrogen-bond donors (Lipinski definition) is 0. The van der Waals surface area contributed by atoms with Crippen molar-refractivity contribution in [2.45, 2.75) is 38.7 Å². The summed E-state index contributed by atoms with van der Waals surface area (Å²) >= 11 is 0. The number of aromatic nitrogens is 2. The molecular formula is C13H21N3O2. The second kappa shape index (κ2) is 4.63. The number of carbonyl (C=O) groups is 1. The lowest BCUT2D eigenvalue weighted by atomic mass is 10.1. The normalized spacial score (nSPS) is 20.2. The van der Waals surface area contributed by atoms with E-state index < -0.39 is 5.60 Å². The summed E-state index contributed by atoms with van der Waals surface area (Å²) in [5.74, 6) is 0.332. The Balaban J connectivity index is 1.94. The minimum Gasteiger partial charge on any atom is -0.444 e. The Bertz CT molecular complexity index is 434. The number of hydrogen-bond acceptors (Lipinski definition) is 3. The van der Waals surface area contributed by atoms with Gasteiger partial charge < -0.3 is 9.64 Å². The van der Waals surface area contributed by atoms with Crippen molar-refractivity contribution >= 4 is 6.09 Å². The van der Waals surface area contributed by atoms with E-state index in [0.717, 1.165) is 18.7 Å². The summed E-state index contributed by atoms with van der Waals surface area (Å²) < 4.78 is 7.17. The molecule has 100 valence electrons. The molecule has 1 atom stereocenters. The topological polar surface area (TPSA) is 47.4 Å². The SMILES string of the molecule is Cn1ccc(C2CCN(C(=O)OC(C)(C)C)C2)n1. The fourth-order valence-electron chi connectivity index (χ4n) is 2.14. The second-order valence-electron chi connectivity index (χ2n) is 5.83. The van der Waals surface area contributed by atoms with Gasteiger partial charge in [0.25, 0.3) is 0 Å². The van der Waals surface area contributed by atoms with E-state index in [1.165, 1.54) is 0 Å². The van der Waals surface area contributed by atoms with Gasteiger partial charge in [0.05, 0.1) is 5.69 Å². The molecule has 18 heavy (non-hydrogen) atoms. The Hall–Kier alpha value is -1.52. The van der Waals surface area contributed by atoms with Crippen LogP contribution in [0.5, 0.6) is 0 Å². The lowest BCUT2D eigenvalue weighted by molar-refractivity contribution is 0.0292. The van der Waals surface area contributed by atoms with Crippen LogP contribution in [-0.4, -0.2) is 39.5 Å². The zero-order chi connectivity index (χ0) is 13.3. The van der Waals surface area contributed by atoms with Crippen LogP contribution in [-0.2, 0) is 11.8 Å². The Morgan fingerprint density at radius 1 is 1.50 bits per heavy atom. The fraction of sp³-hybridized carbons (Fsp3) is 0.692. The van der Waals surface area contributed by atoms with Crippen molar-refractivity contribution in [3.8, 4) is 0 Å². The average Bonchev–Trinajstić information content (AvgIpc) is 2.82. The second-order valence-corrected chi connectivity index (χ2v) is 5.83. The first kappa shape index (κ1) is 12.9. The monoisotopic (exact) mass is 251 g/mol. The van der Waals surface area contributed by atoms with Gasteiger partial charge in [-0.25, -0.2) is 4.79 Å². The summed E-state index contributed by atoms with van der Waals surface area (Å²) in [5.41, 5.74) is 0.628. The summed E-state index contributed by atoms with van der Waals surface area (Å²) in [4.78, 5) is 13.7. The summed E-state index contributed by atoms with van der Waals surface area (Å²) in [6.45, 7) is 7.10. The average molecular weight is 251 g/mol. The van der Waals surface area contributed by atoms with E-state index in [9.17, 15) is 4.79 Å². The van der Waals surface area contributed by atoms with E-state index in [-0.39, 0.29) is 6.09 Å². The Morgan fingerprint density at radius 3 is 2.78 bits per heavy atom. The largest absolute Gasteiger partial charge is 0.444 e. The fourth-order valence-corrected chi connectivity index (χ4v) is 2.14. The predicted molar refractivity (Wildman–Crippen MR) is 68.4 cm³/mol. The molecule has 1 aliphatic heterocycles. The van der Waals surface area contributed by atoms with Gasteiger partial charge in [0.2, 0.25) is 0 Å². The predicted octanol–water partition coefficient (Wildman–Crippen LogP) is 2.14. The molecule has 0 N–H and O–H groups in total. The zero-order valence-electron chi connectivity index (χ0n) is 11.5. The van der Waals surface area contributed by atoms with Gasteiger partial charge in [-0.05, 0) is 33.3 Å². The number of amides is 1. The van der Waals surface area contributed by atoms with Crippen LogP contribution in [0.25, 0.3) is 0 Å². The molecule has 1 aromatic rings. The van der Waals surface area contributed by atoms with Crippen LogP contribution in [0, 0.1) is 0 Å². The van der Waals surface area contributed by atoms with Crippen molar-refractivity contribution in [2.75, 3.05) is 13.1 Å². The molecule has 2 heterocycles. The van der Waals surface area contributed by atoms with Crippen molar-refractivity contribution in [2.24, 2.45) is 7.05 Å². The van der Waals surface area contributed by atoms with E-state index in [2.05, 4.69) is 5.10 Å². The maximum atomic E-state index is 11.9. The molecule has 0 radical (unpaired) electrons. The van der Waals surface area contributed by atoms with Crippen molar-refractivity contribution < 1.29 is 9.53 Å². The molecule has 1 fully saturated rings. The summed E-state index contributed by atoms with van der Waals surface area (Å²) in [5, 5.41) is 4.40. The van der Waals surface area contributed by atoms with Gasteiger partial charge in [0, 0.05) is 32.3 Å². The first-order valence-corrected chi connectivity index (χ1v) is 6.32. The van der Waals surface area contributed by atoms with Gasteiger partial charge in [-0.1, -0.05) is 0 Å². The molecule has 1 amide bonds. The standard InChI is InChI=1S/C13H21N3O2/c1-13(2,3)18-12(17)16-8-5-10(9-16)11-6-7-15(4)14-11/h6-7,10H,5,8-9H2,1-4H3. The summed E-state index contributed by atoms with van der Waals surface area (Å²) in [7, 11) is 1.91. The highest BCUT2D eigenvalue weighted by Crippen LogP contribution is 2.26. The van der Waals surface area contributed by atoms with Gasteiger partial charge in [-0.3, -0.25) is 4.68 Å². The molecule has 0 saturated carbocycles. The molecule has 5 nitrogen and oxygen atoms in total. The first-order chi connectivity index (χ1) is 8.35. The smallest absolute Gasteiger partial charge is 0.410 e. The third kappa shape index (κ3) is 3.03. The van der Waals surface area contributed by atoms with E-state index in [1.807, 2.05) is 40.1 Å². The molecule has 0 bridgehead atoms. The molecular weight excluding hydrogens is 230 g/mol. The highest BCUT2D eigenvalue weighted by atomic mass is 16.6. The van der Waals surface area contributed by atoms with E-state index in [1.54, 1.807) is 9.58 Å². The van der Waals surface area contributed by atoms with Crippen LogP contribution in [0.4, 0.5) is 4.79 Å². The van der Waals surface area contributed by atoms with Crippen LogP contribution < -0.4 is 0 Å². The first-order valence-electron chi connectivity index (χ1n) is 6.32. The van der Waals surface area contributed by atoms with Crippen LogP contribution in [0.1, 0.15) is 38.8 Å². The van der Waals surface area contributed by atoms with E-state index in [4.69, 9.17) is 4.74 Å². The van der Waals surface area contributed by atoms with Crippen molar-refractivity contribution in [1.82, 2.24) is 14.7 Å². The molecule has 5 heteroatoms. The van der Waals surface area contributed by atoms with Crippen molar-refractivity contribution in [3.63, 3.8) is 0 Å². The molecule has 1 unspecified atom stereocenters. The zero-order valence-corrected chi connectivity index (χ0v) is 11.5. The highest BCUT2D eigenvalue weighted by Gasteiger charge is 2.31. The third-order valence-electron chi connectivity index (χ3n) is 2.99. The van der Waals surface area contributed by atoms with Gasteiger partial charge in [-0.2, -0.15) is 5.10 Å². The third-order valence-corrected chi connectivity index (χ3v) is 2.99. The van der Waals surface area contributed by atoms with Crippen molar-refractivity contribution in [1.29, 1.82) is 0 Å². The number of likely N-dealkylation sites (tertiary alicyclic amines) is 1. The molecule has 0 aromatic carbocycles. The lowest BCUT2D eigenvalue weighted by Crippen LogP contribution is -2.35. The minimum atomic E-state index is -0.430. The van der Waals surface area contributed by atoms with Crippen LogP contribution in [0.2, 0.25) is 0 Å². The van der Waals surface area contributed by atoms with Gasteiger partial charge >= 0.3 is 6.09 Å². The molecule has 1 saturated heterocycles. The van der Waals surface area contributed by atoms with E-state index in [0.29, 0.717) is 12.5 Å². The quantitative estimate of drug-likeness (QED) is 0.768. The molecule has 1 aliphatic rings. The van der Waals surface area contributed by atoms with Gasteiger partial charge in [-0.15, -0.1) is 0 Å². The van der Waals surface area contributed by atoms with Crippen molar-refractivity contribution in [3.05, 3.63) is 18.0 Å². The van der Waals surface area contributed by atoms with E-state index >= 15 is 0 Å². The summed E-state index contributed by atoms with van der Waals surface area (Å²) in [6, 6.07) is 2.02. The van der Waals surface area contributed by atoms with Crippen LogP contribution >= 0.6 is 0 Å². The maximum Gasteiger partial charge on any atom is 0.410 e. The van der Waals surface area contributed by atoms with Crippen LogP contribution in [0.3, 0.4) is 0 Å². The number of aryl methyl sites for hydroxylation is 1. The van der Waals surface area contributed by atoms with Crippen LogP contribution in [0.15, 0.2) is 12.3 Å². The number of rotatable bonds is 1. The summed E-state index contributed by atoms with van der Waals surface area (Å²) in [6.07, 6.45) is 2.67. The Kier molecular flexibility index (Phi) is 3.32. The highest BCUT2D eigenvalue weighted by molar-refractivity contribution is 5.68. The molecule has 0 aliphatic carbocycles. The van der Waals surface area contributed by atoms with Gasteiger partial charge in [0.15, 0.2) is 0 Å². The number of carbonyl (C=O) groups excluding carboxylic acids is 1. The maximum absolute atomic E-state index is 11.9. The molecule has 1 aromatic heterocycles. The Morgan fingerprint density at radius 2 is 2.22 bits per heavy atom. The Labute approximate surface area is 108 Å². The minimum absolute atomic E-state index is 0.221. The molecule has 2 rings (SSSR count). The lowest BCUT2D eigenvalue weighted by Gasteiger charge is -2.24. The number of nitrogens with zero attached hydrogens (tertiary/aromatic N) is 3. The van der Waals surface area contributed by atoms with Gasteiger partial charge in [0.1, 0.15) is 5.60 Å². The number of ether oxygens (including phenoxy) is 1.